The van der Waals surface area contributed by atoms with E-state index in [4.69, 9.17) is 4.52 Å². The van der Waals surface area contributed by atoms with Gasteiger partial charge in [0.2, 0.25) is 0 Å². The number of hydrogen-bond donors (Lipinski definition) is 2. The molecule has 138 valence electrons. The molecule has 0 bridgehead atoms. The van der Waals surface area contributed by atoms with Gasteiger partial charge in [-0.05, 0) is 42.0 Å². The summed E-state index contributed by atoms with van der Waals surface area (Å²) in [6, 6.07) is 12.0. The highest BCUT2D eigenvalue weighted by molar-refractivity contribution is 9.10. The summed E-state index contributed by atoms with van der Waals surface area (Å²) >= 11 is 3.40. The zero-order valence-electron chi connectivity index (χ0n) is 13.9. The Morgan fingerprint density at radius 1 is 1.19 bits per heavy atom. The lowest BCUT2D eigenvalue weighted by Gasteiger charge is -2.20. The fourth-order valence-corrected chi connectivity index (χ4v) is 3.43. The second-order valence-corrected chi connectivity index (χ2v) is 7.07. The lowest BCUT2D eigenvalue weighted by atomic mass is 9.93. The van der Waals surface area contributed by atoms with Gasteiger partial charge < -0.3 is 10.6 Å². The van der Waals surface area contributed by atoms with Crippen LogP contribution in [0, 0.1) is 5.82 Å². The molecule has 0 spiro atoms. The molecule has 0 saturated carbocycles. The maximum atomic E-state index is 13.0. The average Bonchev–Trinajstić information content (AvgIpc) is 3.18. The van der Waals surface area contributed by atoms with E-state index in [1.807, 2.05) is 24.3 Å². The first-order valence-corrected chi connectivity index (χ1v) is 8.95. The standard InChI is InChI=1S/C18H14BrFN4O3/c19-11-3-1-10(2-4-11)14-9-24-16(23-27-18(24)26)15(14)22-17(25)21-13-7-5-12(20)6-8-13/h1-8,14-15H,9H2,(H2,21,22,25)/t14-,15-/m0/s1. The van der Waals surface area contributed by atoms with E-state index in [2.05, 4.69) is 31.7 Å². The van der Waals surface area contributed by atoms with E-state index in [0.29, 0.717) is 18.1 Å². The molecule has 0 saturated heterocycles. The summed E-state index contributed by atoms with van der Waals surface area (Å²) < 4.78 is 20.1. The van der Waals surface area contributed by atoms with Crippen LogP contribution in [0.2, 0.25) is 0 Å². The van der Waals surface area contributed by atoms with Crippen molar-refractivity contribution in [3.63, 3.8) is 0 Å². The maximum Gasteiger partial charge on any atom is 0.441 e. The van der Waals surface area contributed by atoms with Crippen molar-refractivity contribution in [1.29, 1.82) is 0 Å². The van der Waals surface area contributed by atoms with Crippen LogP contribution in [0.1, 0.15) is 23.3 Å². The molecule has 1 aliphatic rings. The van der Waals surface area contributed by atoms with E-state index in [1.165, 1.54) is 28.8 Å². The number of anilines is 1. The Hall–Kier alpha value is -2.94. The molecule has 3 aromatic rings. The highest BCUT2D eigenvalue weighted by atomic mass is 79.9. The fraction of sp³-hybridized carbons (Fsp3) is 0.167. The van der Waals surface area contributed by atoms with E-state index in [9.17, 15) is 14.0 Å². The second-order valence-electron chi connectivity index (χ2n) is 6.16. The number of carbonyl (C=O) groups excluding carboxylic acids is 1. The van der Waals surface area contributed by atoms with E-state index >= 15 is 0 Å². The first-order valence-electron chi connectivity index (χ1n) is 8.16. The number of fused-ring (bicyclic) bond motifs is 1. The van der Waals surface area contributed by atoms with Crippen molar-refractivity contribution in [2.24, 2.45) is 0 Å². The molecular formula is C18H14BrFN4O3. The second kappa shape index (κ2) is 6.99. The van der Waals surface area contributed by atoms with Crippen molar-refractivity contribution >= 4 is 27.6 Å². The van der Waals surface area contributed by atoms with Gasteiger partial charge in [-0.25, -0.2) is 14.0 Å². The maximum absolute atomic E-state index is 13.0. The third-order valence-electron chi connectivity index (χ3n) is 4.46. The van der Waals surface area contributed by atoms with Gasteiger partial charge in [0.15, 0.2) is 5.82 Å². The number of nitrogens with zero attached hydrogens (tertiary/aromatic N) is 2. The number of carbonyl (C=O) groups is 1. The molecule has 1 aliphatic heterocycles. The van der Waals surface area contributed by atoms with Gasteiger partial charge in [-0.15, -0.1) is 0 Å². The normalized spacial score (nSPS) is 18.1. The minimum atomic E-state index is -0.560. The van der Waals surface area contributed by atoms with Crippen molar-refractivity contribution in [2.75, 3.05) is 5.32 Å². The predicted octanol–water partition coefficient (Wildman–Crippen LogP) is 3.40. The van der Waals surface area contributed by atoms with Crippen LogP contribution in [0.25, 0.3) is 0 Å². The molecule has 2 aromatic carbocycles. The Balaban J connectivity index is 1.58. The smallest absolute Gasteiger partial charge is 0.327 e. The quantitative estimate of drug-likeness (QED) is 0.663. The molecule has 9 heteroatoms. The zero-order chi connectivity index (χ0) is 19.0. The predicted molar refractivity (Wildman–Crippen MR) is 98.9 cm³/mol. The molecule has 4 rings (SSSR count). The Kier molecular flexibility index (Phi) is 4.53. The van der Waals surface area contributed by atoms with E-state index < -0.39 is 23.6 Å². The van der Waals surface area contributed by atoms with Gasteiger partial charge in [0.1, 0.15) is 11.9 Å². The number of urea groups is 1. The number of benzene rings is 2. The summed E-state index contributed by atoms with van der Waals surface area (Å²) in [5.74, 6) is -0.764. The van der Waals surface area contributed by atoms with Crippen molar-refractivity contribution in [2.45, 2.75) is 18.5 Å². The van der Waals surface area contributed by atoms with Gasteiger partial charge >= 0.3 is 11.8 Å². The van der Waals surface area contributed by atoms with Gasteiger partial charge in [0.05, 0.1) is 0 Å². The Morgan fingerprint density at radius 2 is 1.89 bits per heavy atom. The highest BCUT2D eigenvalue weighted by Gasteiger charge is 2.39. The molecule has 0 fully saturated rings. The molecule has 2 amide bonds. The summed E-state index contributed by atoms with van der Waals surface area (Å²) in [7, 11) is 0. The Morgan fingerprint density at radius 3 is 2.59 bits per heavy atom. The monoisotopic (exact) mass is 432 g/mol. The summed E-state index contributed by atoms with van der Waals surface area (Å²) in [4.78, 5) is 24.3. The molecule has 0 unspecified atom stereocenters. The van der Waals surface area contributed by atoms with Crippen LogP contribution in [-0.2, 0) is 6.54 Å². The van der Waals surface area contributed by atoms with Crippen molar-refractivity contribution in [3.8, 4) is 0 Å². The van der Waals surface area contributed by atoms with Crippen molar-refractivity contribution < 1.29 is 13.7 Å². The average molecular weight is 433 g/mol. The van der Waals surface area contributed by atoms with Gasteiger partial charge in [-0.1, -0.05) is 33.2 Å². The summed E-state index contributed by atoms with van der Waals surface area (Å²) in [5.41, 5.74) is 1.40. The molecule has 2 atom stereocenters. The molecule has 2 heterocycles. The SMILES string of the molecule is O=C(Nc1ccc(F)cc1)N[C@@H]1c2noc(=O)n2C[C@H]1c1ccc(Br)cc1. The number of halogens is 2. The van der Waals surface area contributed by atoms with Crippen LogP contribution in [0.3, 0.4) is 0 Å². The van der Waals surface area contributed by atoms with Crippen molar-refractivity contribution in [1.82, 2.24) is 15.0 Å². The van der Waals surface area contributed by atoms with E-state index in [1.54, 1.807) is 0 Å². The molecular weight excluding hydrogens is 419 g/mol. The van der Waals surface area contributed by atoms with Gasteiger partial charge in [-0.2, -0.15) is 0 Å². The molecule has 1 aromatic heterocycles. The number of amides is 2. The topological polar surface area (TPSA) is 89.2 Å². The third-order valence-corrected chi connectivity index (χ3v) is 4.99. The molecule has 0 radical (unpaired) electrons. The van der Waals surface area contributed by atoms with Crippen LogP contribution >= 0.6 is 15.9 Å². The Bertz CT molecular complexity index is 1030. The minimum Gasteiger partial charge on any atom is -0.327 e. The largest absolute Gasteiger partial charge is 0.441 e. The highest BCUT2D eigenvalue weighted by Crippen LogP contribution is 2.37. The molecule has 2 N–H and O–H groups in total. The summed E-state index contributed by atoms with van der Waals surface area (Å²) in [6.45, 7) is 0.348. The zero-order valence-corrected chi connectivity index (χ0v) is 15.4. The van der Waals surface area contributed by atoms with Crippen LogP contribution < -0.4 is 16.4 Å². The van der Waals surface area contributed by atoms with Crippen LogP contribution in [0.15, 0.2) is 62.3 Å². The first-order chi connectivity index (χ1) is 13.0. The van der Waals surface area contributed by atoms with Gasteiger partial charge in [-0.3, -0.25) is 9.09 Å². The number of aromatic nitrogens is 2. The lowest BCUT2D eigenvalue weighted by molar-refractivity contribution is 0.246. The molecule has 27 heavy (non-hydrogen) atoms. The van der Waals surface area contributed by atoms with Gasteiger partial charge in [0, 0.05) is 22.6 Å². The summed E-state index contributed by atoms with van der Waals surface area (Å²) in [6.07, 6.45) is 0. The van der Waals surface area contributed by atoms with Gasteiger partial charge in [0.25, 0.3) is 0 Å². The van der Waals surface area contributed by atoms with Crippen molar-refractivity contribution in [3.05, 3.63) is 80.8 Å². The first kappa shape index (κ1) is 17.5. The number of rotatable bonds is 3. The number of nitrogens with one attached hydrogen (secondary N) is 2. The van der Waals surface area contributed by atoms with E-state index in [-0.39, 0.29) is 5.92 Å². The molecule has 7 nitrogen and oxygen atoms in total. The fourth-order valence-electron chi connectivity index (χ4n) is 3.17. The summed E-state index contributed by atoms with van der Waals surface area (Å²) in [5, 5.41) is 9.30. The number of hydrogen-bond acceptors (Lipinski definition) is 4. The molecule has 0 aliphatic carbocycles. The lowest BCUT2D eigenvalue weighted by Crippen LogP contribution is -2.34. The van der Waals surface area contributed by atoms with Crippen LogP contribution in [-0.4, -0.2) is 15.8 Å². The minimum absolute atomic E-state index is 0.177. The van der Waals surface area contributed by atoms with Crippen LogP contribution in [0.4, 0.5) is 14.9 Å². The Labute approximate surface area is 161 Å². The van der Waals surface area contributed by atoms with Crippen LogP contribution in [0.5, 0.6) is 0 Å². The third kappa shape index (κ3) is 3.50. The van der Waals surface area contributed by atoms with E-state index in [0.717, 1.165) is 10.0 Å².